The highest BCUT2D eigenvalue weighted by atomic mass is 28.4. The van der Waals surface area contributed by atoms with Gasteiger partial charge in [-0.05, 0) is 67.6 Å². The lowest BCUT2D eigenvalue weighted by Gasteiger charge is -2.42. The van der Waals surface area contributed by atoms with Crippen LogP contribution >= 0.6 is 0 Å². The summed E-state index contributed by atoms with van der Waals surface area (Å²) in [6, 6.07) is 7.20. The molecule has 0 spiro atoms. The zero-order valence-electron chi connectivity index (χ0n) is 19.9. The molecule has 1 aliphatic carbocycles. The molecular weight excluding hydrogens is 392 g/mol. The van der Waals surface area contributed by atoms with E-state index in [0.29, 0.717) is 35.0 Å². The average Bonchev–Trinajstić information content (AvgIpc) is 2.68. The van der Waals surface area contributed by atoms with Gasteiger partial charge in [0.15, 0.2) is 11.9 Å². The number of hydrogen-bond acceptors (Lipinski definition) is 4. The van der Waals surface area contributed by atoms with Crippen molar-refractivity contribution in [3.8, 4) is 5.75 Å². The highest BCUT2D eigenvalue weighted by molar-refractivity contribution is 6.78. The molecule has 0 aliphatic heterocycles. The Kier molecular flexibility index (Phi) is 7.73. The third kappa shape index (κ3) is 4.88. The van der Waals surface area contributed by atoms with Crippen LogP contribution in [0.4, 0.5) is 0 Å². The van der Waals surface area contributed by atoms with Gasteiger partial charge in [0.05, 0.1) is 5.56 Å². The van der Waals surface area contributed by atoms with Crippen LogP contribution in [0.25, 0.3) is 0 Å². The standard InChI is InChI=1S/C25H38O4Si/c1-17(2)30(18(3)4,19(5)6)29-23-11-9-22(10-12-23)24(27)28-25(16-26)14-13-20(7)21(8)15-25/h9-12,16-19H,13-15H2,1-8H3. The minimum absolute atomic E-state index is 0.443. The molecule has 4 nitrogen and oxygen atoms in total. The van der Waals surface area contributed by atoms with Crippen molar-refractivity contribution < 1.29 is 18.8 Å². The lowest BCUT2D eigenvalue weighted by Crippen LogP contribution is -2.50. The Morgan fingerprint density at radius 3 is 1.93 bits per heavy atom. The minimum Gasteiger partial charge on any atom is -0.543 e. The quantitative estimate of drug-likeness (QED) is 0.196. The first kappa shape index (κ1) is 24.4. The van der Waals surface area contributed by atoms with Gasteiger partial charge in [-0.1, -0.05) is 52.7 Å². The van der Waals surface area contributed by atoms with Crippen LogP contribution in [0.2, 0.25) is 16.6 Å². The maximum absolute atomic E-state index is 12.8. The van der Waals surface area contributed by atoms with E-state index in [9.17, 15) is 9.59 Å². The van der Waals surface area contributed by atoms with E-state index in [-0.39, 0.29) is 0 Å². The molecule has 30 heavy (non-hydrogen) atoms. The largest absolute Gasteiger partial charge is 0.543 e. The molecule has 1 unspecified atom stereocenters. The van der Waals surface area contributed by atoms with Crippen molar-refractivity contribution in [2.45, 2.75) is 96.9 Å². The lowest BCUT2D eigenvalue weighted by atomic mass is 9.82. The van der Waals surface area contributed by atoms with E-state index in [2.05, 4.69) is 48.5 Å². The Morgan fingerprint density at radius 1 is 0.967 bits per heavy atom. The molecule has 1 aromatic carbocycles. The van der Waals surface area contributed by atoms with Gasteiger partial charge in [0.2, 0.25) is 0 Å². The Bertz CT molecular complexity index is 770. The maximum atomic E-state index is 12.8. The number of allylic oxidation sites excluding steroid dienone is 1. The third-order valence-corrected chi connectivity index (χ3v) is 12.8. The van der Waals surface area contributed by atoms with Gasteiger partial charge in [0, 0.05) is 6.42 Å². The van der Waals surface area contributed by atoms with Crippen molar-refractivity contribution in [2.24, 2.45) is 0 Å². The van der Waals surface area contributed by atoms with Crippen molar-refractivity contribution in [2.75, 3.05) is 0 Å². The Labute approximate surface area is 183 Å². The molecule has 0 heterocycles. The van der Waals surface area contributed by atoms with Crippen LogP contribution in [0.5, 0.6) is 5.75 Å². The Balaban J connectivity index is 2.19. The van der Waals surface area contributed by atoms with Crippen molar-refractivity contribution >= 4 is 20.6 Å². The van der Waals surface area contributed by atoms with Gasteiger partial charge in [-0.15, -0.1) is 0 Å². The summed E-state index contributed by atoms with van der Waals surface area (Å²) < 4.78 is 12.4. The van der Waals surface area contributed by atoms with Crippen LogP contribution in [0.15, 0.2) is 35.4 Å². The number of hydrogen-bond donors (Lipinski definition) is 0. The van der Waals surface area contributed by atoms with E-state index >= 15 is 0 Å². The molecule has 0 radical (unpaired) electrons. The SMILES string of the molecule is CC1=C(C)CC(C=O)(OC(=O)c2ccc(O[Si](C(C)C)(C(C)C)C(C)C)cc2)CC1. The van der Waals surface area contributed by atoms with Crippen molar-refractivity contribution in [3.63, 3.8) is 0 Å². The van der Waals surface area contributed by atoms with Crippen molar-refractivity contribution in [1.82, 2.24) is 0 Å². The van der Waals surface area contributed by atoms with Crippen LogP contribution < -0.4 is 4.43 Å². The zero-order valence-corrected chi connectivity index (χ0v) is 20.9. The Morgan fingerprint density at radius 2 is 1.50 bits per heavy atom. The highest BCUT2D eigenvalue weighted by Crippen LogP contribution is 2.42. The van der Waals surface area contributed by atoms with Gasteiger partial charge in [0.1, 0.15) is 5.75 Å². The molecule has 1 aliphatic rings. The fourth-order valence-corrected chi connectivity index (χ4v) is 10.2. The number of carbonyl (C=O) groups is 2. The van der Waals surface area contributed by atoms with E-state index in [1.54, 1.807) is 12.1 Å². The molecule has 0 bridgehead atoms. The van der Waals surface area contributed by atoms with Gasteiger partial charge >= 0.3 is 5.97 Å². The molecule has 0 amide bonds. The molecule has 0 N–H and O–H groups in total. The molecule has 5 heteroatoms. The van der Waals surface area contributed by atoms with Crippen molar-refractivity contribution in [1.29, 1.82) is 0 Å². The summed E-state index contributed by atoms with van der Waals surface area (Å²) in [5.41, 5.74) is 3.21. The second kappa shape index (κ2) is 9.50. The monoisotopic (exact) mass is 430 g/mol. The van der Waals surface area contributed by atoms with Gasteiger partial charge in [0.25, 0.3) is 8.32 Å². The number of aldehydes is 1. The van der Waals surface area contributed by atoms with E-state index in [4.69, 9.17) is 9.16 Å². The minimum atomic E-state index is -2.05. The molecule has 166 valence electrons. The number of ether oxygens (including phenoxy) is 1. The van der Waals surface area contributed by atoms with E-state index in [0.717, 1.165) is 24.0 Å². The molecule has 2 rings (SSSR count). The van der Waals surface area contributed by atoms with Gasteiger partial charge < -0.3 is 9.16 Å². The topological polar surface area (TPSA) is 52.6 Å². The molecule has 0 aromatic heterocycles. The zero-order chi connectivity index (χ0) is 22.7. The molecule has 1 atom stereocenters. The third-order valence-electron chi connectivity index (χ3n) is 6.82. The molecular formula is C25H38O4Si. The van der Waals surface area contributed by atoms with Crippen LogP contribution in [-0.2, 0) is 9.53 Å². The fourth-order valence-electron chi connectivity index (χ4n) is 4.97. The second-order valence-corrected chi connectivity index (χ2v) is 15.1. The summed E-state index contributed by atoms with van der Waals surface area (Å²) in [6.07, 6.45) is 2.58. The summed E-state index contributed by atoms with van der Waals surface area (Å²) in [5.74, 6) is 0.340. The van der Waals surface area contributed by atoms with E-state index < -0.39 is 19.9 Å². The van der Waals surface area contributed by atoms with Crippen LogP contribution in [0.1, 0.15) is 85.0 Å². The average molecular weight is 431 g/mol. The predicted octanol–water partition coefficient (Wildman–Crippen LogP) is 6.86. The number of benzene rings is 1. The molecule has 1 aromatic rings. The summed E-state index contributed by atoms with van der Waals surface area (Å²) in [5, 5.41) is 0. The first-order valence-corrected chi connectivity index (χ1v) is 13.3. The predicted molar refractivity (Wildman–Crippen MR) is 125 cm³/mol. The molecule has 0 saturated heterocycles. The van der Waals surface area contributed by atoms with E-state index in [1.807, 2.05) is 19.1 Å². The smallest absolute Gasteiger partial charge is 0.339 e. The normalized spacial score (nSPS) is 20.1. The van der Waals surface area contributed by atoms with Crippen molar-refractivity contribution in [3.05, 3.63) is 41.0 Å². The summed E-state index contributed by atoms with van der Waals surface area (Å²) in [6.45, 7) is 17.6. The summed E-state index contributed by atoms with van der Waals surface area (Å²) >= 11 is 0. The maximum Gasteiger partial charge on any atom is 0.339 e. The number of rotatable bonds is 8. The second-order valence-electron chi connectivity index (χ2n) is 9.75. The van der Waals surface area contributed by atoms with Crippen LogP contribution in [-0.4, -0.2) is 26.2 Å². The number of carbonyl (C=O) groups excluding carboxylic acids is 2. The van der Waals surface area contributed by atoms with Crippen LogP contribution in [0, 0.1) is 0 Å². The summed E-state index contributed by atoms with van der Waals surface area (Å²) in [4.78, 5) is 24.5. The highest BCUT2D eigenvalue weighted by Gasteiger charge is 2.47. The summed E-state index contributed by atoms with van der Waals surface area (Å²) in [7, 11) is -2.05. The van der Waals surface area contributed by atoms with E-state index in [1.165, 1.54) is 5.57 Å². The first-order chi connectivity index (χ1) is 14.0. The first-order valence-electron chi connectivity index (χ1n) is 11.1. The molecule has 0 fully saturated rings. The number of esters is 1. The van der Waals surface area contributed by atoms with Gasteiger partial charge in [-0.25, -0.2) is 4.79 Å². The Hall–Kier alpha value is -1.88. The molecule has 0 saturated carbocycles. The van der Waals surface area contributed by atoms with Crippen LogP contribution in [0.3, 0.4) is 0 Å². The van der Waals surface area contributed by atoms with Gasteiger partial charge in [-0.3, -0.25) is 4.79 Å². The van der Waals surface area contributed by atoms with Gasteiger partial charge in [-0.2, -0.15) is 0 Å². The lowest BCUT2D eigenvalue weighted by molar-refractivity contribution is -0.126. The fraction of sp³-hybridized carbons (Fsp3) is 0.600.